The van der Waals surface area contributed by atoms with Crippen LogP contribution in [0.25, 0.3) is 10.4 Å². The van der Waals surface area contributed by atoms with E-state index in [1.54, 1.807) is 0 Å². The first-order chi connectivity index (χ1) is 6.53. The molecular formula is C7H8N4O2S. The molecule has 1 aromatic rings. The molecule has 0 aromatic carbocycles. The van der Waals surface area contributed by atoms with E-state index < -0.39 is 9.84 Å². The molecule has 0 aliphatic heterocycles. The Bertz CT molecular complexity index is 476. The maximum Gasteiger partial charge on any atom is 0.151 e. The van der Waals surface area contributed by atoms with Crippen molar-refractivity contribution in [1.82, 2.24) is 4.98 Å². The summed E-state index contributed by atoms with van der Waals surface area (Å²) < 4.78 is 22.0. The van der Waals surface area contributed by atoms with E-state index in [2.05, 4.69) is 15.0 Å². The van der Waals surface area contributed by atoms with E-state index in [0.29, 0.717) is 11.3 Å². The molecule has 0 aliphatic carbocycles. The number of azide groups is 1. The van der Waals surface area contributed by atoms with Crippen molar-refractivity contribution in [3.05, 3.63) is 34.5 Å². The Kier molecular flexibility index (Phi) is 3.06. The monoisotopic (exact) mass is 212 g/mol. The standard InChI is InChI=1S/C7H8N4O2S/c1-14(12,13)5-6-4-9-3-2-7(6)10-11-8/h2-4H,5H2,1H3. The normalized spacial score (nSPS) is 10.6. The summed E-state index contributed by atoms with van der Waals surface area (Å²) in [4.78, 5) is 6.36. The number of hydrogen-bond donors (Lipinski definition) is 0. The summed E-state index contributed by atoms with van der Waals surface area (Å²) in [5.41, 5.74) is 8.94. The number of rotatable bonds is 3. The van der Waals surface area contributed by atoms with E-state index in [0.717, 1.165) is 6.26 Å². The van der Waals surface area contributed by atoms with Gasteiger partial charge in [-0.05, 0) is 17.2 Å². The van der Waals surface area contributed by atoms with Crippen LogP contribution in [0.2, 0.25) is 0 Å². The van der Waals surface area contributed by atoms with Crippen LogP contribution in [0.5, 0.6) is 0 Å². The van der Waals surface area contributed by atoms with Gasteiger partial charge in [-0.15, -0.1) is 0 Å². The second kappa shape index (κ2) is 4.08. The molecule has 74 valence electrons. The third-order valence-electron chi connectivity index (χ3n) is 1.45. The van der Waals surface area contributed by atoms with Crippen LogP contribution in [0.1, 0.15) is 5.56 Å². The van der Waals surface area contributed by atoms with Crippen LogP contribution < -0.4 is 0 Å². The number of hydrogen-bond acceptors (Lipinski definition) is 4. The van der Waals surface area contributed by atoms with Crippen LogP contribution in [-0.2, 0) is 15.6 Å². The van der Waals surface area contributed by atoms with Gasteiger partial charge in [0.2, 0.25) is 0 Å². The van der Waals surface area contributed by atoms with E-state index in [9.17, 15) is 8.42 Å². The first-order valence-electron chi connectivity index (χ1n) is 3.68. The van der Waals surface area contributed by atoms with Crippen molar-refractivity contribution in [2.45, 2.75) is 5.75 Å². The SMILES string of the molecule is CS(=O)(=O)Cc1cnccc1N=[N+]=[N-]. The minimum absolute atomic E-state index is 0.171. The number of sulfone groups is 1. The fourth-order valence-corrected chi connectivity index (χ4v) is 1.75. The Balaban J connectivity index is 3.14. The fourth-order valence-electron chi connectivity index (χ4n) is 0.959. The van der Waals surface area contributed by atoms with Crippen LogP contribution in [-0.4, -0.2) is 19.7 Å². The van der Waals surface area contributed by atoms with Gasteiger partial charge in [0.05, 0.1) is 5.75 Å². The smallest absolute Gasteiger partial charge is 0.151 e. The topological polar surface area (TPSA) is 95.8 Å². The number of aromatic nitrogens is 1. The van der Waals surface area contributed by atoms with Crippen molar-refractivity contribution in [3.8, 4) is 0 Å². The Morgan fingerprint density at radius 1 is 1.64 bits per heavy atom. The fraction of sp³-hybridized carbons (Fsp3) is 0.286. The molecule has 1 aromatic heterocycles. The predicted molar refractivity (Wildman–Crippen MR) is 51.6 cm³/mol. The van der Waals surface area contributed by atoms with E-state index in [1.807, 2.05) is 0 Å². The van der Waals surface area contributed by atoms with Crippen molar-refractivity contribution in [1.29, 1.82) is 0 Å². The summed E-state index contributed by atoms with van der Waals surface area (Å²) in [6.45, 7) is 0. The van der Waals surface area contributed by atoms with Crippen LogP contribution in [0.4, 0.5) is 5.69 Å². The summed E-state index contributed by atoms with van der Waals surface area (Å²) in [6.07, 6.45) is 3.93. The molecule has 7 heteroatoms. The zero-order valence-corrected chi connectivity index (χ0v) is 8.27. The molecule has 0 bridgehead atoms. The molecule has 0 spiro atoms. The van der Waals surface area contributed by atoms with Gasteiger partial charge in [-0.25, -0.2) is 8.42 Å². The molecule has 0 radical (unpaired) electrons. The summed E-state index contributed by atoms with van der Waals surface area (Å²) >= 11 is 0. The minimum atomic E-state index is -3.14. The van der Waals surface area contributed by atoms with E-state index >= 15 is 0 Å². The van der Waals surface area contributed by atoms with Gasteiger partial charge in [0, 0.05) is 29.2 Å². The zero-order valence-electron chi connectivity index (χ0n) is 7.45. The molecule has 1 heterocycles. The van der Waals surface area contributed by atoms with Gasteiger partial charge in [-0.2, -0.15) is 0 Å². The van der Waals surface area contributed by atoms with E-state index in [4.69, 9.17) is 5.53 Å². The molecule has 0 amide bonds. The molecule has 0 N–H and O–H groups in total. The minimum Gasteiger partial charge on any atom is -0.264 e. The molecule has 1 rings (SSSR count). The van der Waals surface area contributed by atoms with Crippen molar-refractivity contribution < 1.29 is 8.42 Å². The molecule has 0 saturated heterocycles. The summed E-state index contributed by atoms with van der Waals surface area (Å²) in [7, 11) is -3.14. The van der Waals surface area contributed by atoms with Crippen LogP contribution in [0, 0.1) is 0 Å². The Morgan fingerprint density at radius 3 is 2.93 bits per heavy atom. The third kappa shape index (κ3) is 3.04. The molecule has 6 nitrogen and oxygen atoms in total. The lowest BCUT2D eigenvalue weighted by atomic mass is 10.3. The van der Waals surface area contributed by atoms with Gasteiger partial charge < -0.3 is 0 Å². The number of pyridine rings is 1. The Labute approximate surface area is 81.1 Å². The lowest BCUT2D eigenvalue weighted by molar-refractivity contribution is 0.601. The maximum absolute atomic E-state index is 11.0. The lowest BCUT2D eigenvalue weighted by Crippen LogP contribution is -2.01. The Morgan fingerprint density at radius 2 is 2.36 bits per heavy atom. The predicted octanol–water partition coefficient (Wildman–Crippen LogP) is 1.57. The van der Waals surface area contributed by atoms with Gasteiger partial charge in [0.25, 0.3) is 0 Å². The first kappa shape index (κ1) is 10.5. The first-order valence-corrected chi connectivity index (χ1v) is 5.75. The van der Waals surface area contributed by atoms with E-state index in [-0.39, 0.29) is 5.75 Å². The zero-order chi connectivity index (χ0) is 10.6. The Hall–Kier alpha value is -1.59. The van der Waals surface area contributed by atoms with Crippen molar-refractivity contribution in [3.63, 3.8) is 0 Å². The second-order valence-electron chi connectivity index (χ2n) is 2.76. The van der Waals surface area contributed by atoms with Crippen molar-refractivity contribution in [2.75, 3.05) is 6.26 Å². The lowest BCUT2D eigenvalue weighted by Gasteiger charge is -2.01. The van der Waals surface area contributed by atoms with Gasteiger partial charge in [0.1, 0.15) is 0 Å². The summed E-state index contributed by atoms with van der Waals surface area (Å²) in [5, 5.41) is 3.37. The molecule has 0 saturated carbocycles. The highest BCUT2D eigenvalue weighted by Crippen LogP contribution is 2.19. The van der Waals surface area contributed by atoms with Gasteiger partial charge in [-0.3, -0.25) is 4.98 Å². The second-order valence-corrected chi connectivity index (χ2v) is 4.90. The van der Waals surface area contributed by atoms with Crippen LogP contribution >= 0.6 is 0 Å². The highest BCUT2D eigenvalue weighted by Gasteiger charge is 2.07. The largest absolute Gasteiger partial charge is 0.264 e. The summed E-state index contributed by atoms with van der Waals surface area (Å²) in [6, 6.07) is 1.47. The highest BCUT2D eigenvalue weighted by molar-refractivity contribution is 7.89. The molecule has 0 unspecified atom stereocenters. The van der Waals surface area contributed by atoms with E-state index in [1.165, 1.54) is 18.5 Å². The van der Waals surface area contributed by atoms with Crippen molar-refractivity contribution >= 4 is 15.5 Å². The quantitative estimate of drug-likeness (QED) is 0.432. The number of nitrogens with zero attached hydrogens (tertiary/aromatic N) is 4. The summed E-state index contributed by atoms with van der Waals surface area (Å²) in [5.74, 6) is -0.171. The highest BCUT2D eigenvalue weighted by atomic mass is 32.2. The molecule has 0 atom stereocenters. The van der Waals surface area contributed by atoms with Crippen LogP contribution in [0.3, 0.4) is 0 Å². The molecule has 0 aliphatic rings. The molecular weight excluding hydrogens is 204 g/mol. The average Bonchev–Trinajstić information content (AvgIpc) is 2.06. The van der Waals surface area contributed by atoms with Gasteiger partial charge >= 0.3 is 0 Å². The van der Waals surface area contributed by atoms with Gasteiger partial charge in [-0.1, -0.05) is 5.11 Å². The van der Waals surface area contributed by atoms with Crippen LogP contribution in [0.15, 0.2) is 23.6 Å². The maximum atomic E-state index is 11.0. The third-order valence-corrected chi connectivity index (χ3v) is 2.28. The van der Waals surface area contributed by atoms with Crippen molar-refractivity contribution in [2.24, 2.45) is 5.11 Å². The van der Waals surface area contributed by atoms with Gasteiger partial charge in [0.15, 0.2) is 9.84 Å². The molecule has 0 fully saturated rings. The molecule has 14 heavy (non-hydrogen) atoms. The average molecular weight is 212 g/mol.